The van der Waals surface area contributed by atoms with Crippen LogP contribution in [0.1, 0.15) is 13.8 Å². The van der Waals surface area contributed by atoms with E-state index in [2.05, 4.69) is 14.9 Å². The molecule has 0 aromatic carbocycles. The van der Waals surface area contributed by atoms with Crippen LogP contribution in [0.2, 0.25) is 0 Å². The number of nitrogens with two attached hydrogens (primary N) is 1. The lowest BCUT2D eigenvalue weighted by Gasteiger charge is -2.20. The summed E-state index contributed by atoms with van der Waals surface area (Å²) in [6, 6.07) is 0.372. The van der Waals surface area contributed by atoms with Crippen molar-refractivity contribution in [2.75, 3.05) is 25.9 Å². The van der Waals surface area contributed by atoms with Gasteiger partial charge in [0.05, 0.1) is 0 Å². The quantitative estimate of drug-likeness (QED) is 0.744. The van der Waals surface area contributed by atoms with Crippen molar-refractivity contribution >= 4 is 26.5 Å². The summed E-state index contributed by atoms with van der Waals surface area (Å²) in [6.45, 7) is 5.04. The molecule has 0 unspecified atom stereocenters. The van der Waals surface area contributed by atoms with Crippen molar-refractivity contribution in [2.45, 2.75) is 24.2 Å². The SMILES string of the molecule is CC(C)N(C)CCNS(=O)(=O)c1nnc(N)s1. The highest BCUT2D eigenvalue weighted by Crippen LogP contribution is 2.16. The zero-order valence-electron chi connectivity index (χ0n) is 10.0. The van der Waals surface area contributed by atoms with Crippen LogP contribution in [-0.4, -0.2) is 49.7 Å². The molecule has 1 rings (SSSR count). The molecule has 98 valence electrons. The van der Waals surface area contributed by atoms with Gasteiger partial charge in [0, 0.05) is 19.1 Å². The van der Waals surface area contributed by atoms with Gasteiger partial charge in [0.2, 0.25) is 9.47 Å². The smallest absolute Gasteiger partial charge is 0.269 e. The fraction of sp³-hybridized carbons (Fsp3) is 0.750. The van der Waals surface area contributed by atoms with E-state index in [1.807, 2.05) is 25.8 Å². The first-order valence-corrected chi connectivity index (χ1v) is 7.42. The van der Waals surface area contributed by atoms with Gasteiger partial charge in [-0.05, 0) is 20.9 Å². The molecular formula is C8H17N5O2S2. The monoisotopic (exact) mass is 279 g/mol. The molecule has 7 nitrogen and oxygen atoms in total. The number of nitrogens with one attached hydrogen (secondary N) is 1. The summed E-state index contributed by atoms with van der Waals surface area (Å²) in [5.41, 5.74) is 5.34. The zero-order chi connectivity index (χ0) is 13.1. The molecule has 0 aliphatic rings. The number of nitrogens with zero attached hydrogens (tertiary/aromatic N) is 3. The van der Waals surface area contributed by atoms with E-state index in [4.69, 9.17) is 5.73 Å². The van der Waals surface area contributed by atoms with Crippen molar-refractivity contribution in [2.24, 2.45) is 0 Å². The lowest BCUT2D eigenvalue weighted by atomic mass is 10.3. The van der Waals surface area contributed by atoms with Gasteiger partial charge in [-0.1, -0.05) is 11.3 Å². The van der Waals surface area contributed by atoms with Gasteiger partial charge in [0.15, 0.2) is 0 Å². The normalized spacial score (nSPS) is 12.5. The maximum absolute atomic E-state index is 11.7. The van der Waals surface area contributed by atoms with Crippen LogP contribution in [0, 0.1) is 0 Å². The molecule has 0 radical (unpaired) electrons. The number of rotatable bonds is 6. The van der Waals surface area contributed by atoms with Crippen LogP contribution in [0.3, 0.4) is 0 Å². The Kier molecular flexibility index (Phi) is 4.80. The molecule has 0 fully saturated rings. The molecule has 0 amide bonds. The Morgan fingerprint density at radius 1 is 1.47 bits per heavy atom. The molecule has 0 bridgehead atoms. The summed E-state index contributed by atoms with van der Waals surface area (Å²) in [6.07, 6.45) is 0. The molecule has 0 saturated carbocycles. The van der Waals surface area contributed by atoms with Gasteiger partial charge in [-0.3, -0.25) is 0 Å². The van der Waals surface area contributed by atoms with Gasteiger partial charge in [-0.2, -0.15) is 0 Å². The average molecular weight is 279 g/mol. The number of likely N-dealkylation sites (N-methyl/N-ethyl adjacent to an activating group) is 1. The van der Waals surface area contributed by atoms with Crippen molar-refractivity contribution in [3.63, 3.8) is 0 Å². The molecular weight excluding hydrogens is 262 g/mol. The molecule has 1 aromatic heterocycles. The van der Waals surface area contributed by atoms with E-state index in [0.29, 0.717) is 19.1 Å². The third kappa shape index (κ3) is 4.19. The summed E-state index contributed by atoms with van der Waals surface area (Å²) >= 11 is 0.851. The third-order valence-electron chi connectivity index (χ3n) is 2.29. The van der Waals surface area contributed by atoms with Crippen LogP contribution < -0.4 is 10.5 Å². The summed E-state index contributed by atoms with van der Waals surface area (Å²) in [5.74, 6) is 0. The molecule has 0 aliphatic carbocycles. The van der Waals surface area contributed by atoms with E-state index in [9.17, 15) is 8.42 Å². The highest BCUT2D eigenvalue weighted by molar-refractivity contribution is 7.91. The van der Waals surface area contributed by atoms with E-state index < -0.39 is 10.0 Å². The summed E-state index contributed by atoms with van der Waals surface area (Å²) in [7, 11) is -1.64. The lowest BCUT2D eigenvalue weighted by molar-refractivity contribution is 0.278. The standard InChI is InChI=1S/C8H17N5O2S2/c1-6(2)13(3)5-4-10-17(14,15)8-12-11-7(9)16-8/h6,10H,4-5H2,1-3H3,(H2,9,11). The van der Waals surface area contributed by atoms with Crippen LogP contribution in [0.4, 0.5) is 5.13 Å². The van der Waals surface area contributed by atoms with E-state index >= 15 is 0 Å². The van der Waals surface area contributed by atoms with Gasteiger partial charge >= 0.3 is 0 Å². The Hall–Kier alpha value is -0.770. The maximum atomic E-state index is 11.7. The fourth-order valence-electron chi connectivity index (χ4n) is 1.01. The number of nitrogen functional groups attached to an aromatic ring is 1. The fourth-order valence-corrected chi connectivity index (χ4v) is 2.85. The van der Waals surface area contributed by atoms with Crippen molar-refractivity contribution in [1.82, 2.24) is 19.8 Å². The second-order valence-electron chi connectivity index (χ2n) is 3.88. The predicted molar refractivity (Wildman–Crippen MR) is 67.3 cm³/mol. The highest BCUT2D eigenvalue weighted by atomic mass is 32.2. The number of sulfonamides is 1. The summed E-state index contributed by atoms with van der Waals surface area (Å²) < 4.78 is 25.8. The van der Waals surface area contributed by atoms with E-state index in [1.165, 1.54) is 0 Å². The first-order valence-electron chi connectivity index (χ1n) is 5.12. The number of hydrogen-bond donors (Lipinski definition) is 2. The van der Waals surface area contributed by atoms with E-state index in [0.717, 1.165) is 11.3 Å². The number of anilines is 1. The minimum Gasteiger partial charge on any atom is -0.374 e. The molecule has 1 aromatic rings. The van der Waals surface area contributed by atoms with Crippen molar-refractivity contribution < 1.29 is 8.42 Å². The first-order chi connectivity index (χ1) is 7.83. The molecule has 0 spiro atoms. The predicted octanol–water partition coefficient (Wildman–Crippen LogP) is -0.261. The van der Waals surface area contributed by atoms with Crippen LogP contribution in [-0.2, 0) is 10.0 Å². The summed E-state index contributed by atoms with van der Waals surface area (Å²) in [5, 5.41) is 7.11. The van der Waals surface area contributed by atoms with Crippen LogP contribution in [0.5, 0.6) is 0 Å². The van der Waals surface area contributed by atoms with Crippen LogP contribution >= 0.6 is 11.3 Å². The Labute approximate surface area is 105 Å². The Morgan fingerprint density at radius 2 is 2.12 bits per heavy atom. The second-order valence-corrected chi connectivity index (χ2v) is 6.83. The molecule has 0 saturated heterocycles. The number of aromatic nitrogens is 2. The topological polar surface area (TPSA) is 101 Å². The summed E-state index contributed by atoms with van der Waals surface area (Å²) in [4.78, 5) is 2.04. The molecule has 0 aliphatic heterocycles. The van der Waals surface area contributed by atoms with Crippen molar-refractivity contribution in [3.8, 4) is 0 Å². The Morgan fingerprint density at radius 3 is 2.59 bits per heavy atom. The second kappa shape index (κ2) is 5.71. The Bertz CT molecular complexity index is 456. The maximum Gasteiger partial charge on any atom is 0.269 e. The zero-order valence-corrected chi connectivity index (χ0v) is 11.7. The molecule has 3 N–H and O–H groups in total. The molecule has 17 heavy (non-hydrogen) atoms. The van der Waals surface area contributed by atoms with Crippen molar-refractivity contribution in [3.05, 3.63) is 0 Å². The van der Waals surface area contributed by atoms with E-state index in [-0.39, 0.29) is 9.47 Å². The van der Waals surface area contributed by atoms with Crippen LogP contribution in [0.25, 0.3) is 0 Å². The molecule has 9 heteroatoms. The van der Waals surface area contributed by atoms with Crippen molar-refractivity contribution in [1.29, 1.82) is 0 Å². The first kappa shape index (κ1) is 14.3. The van der Waals surface area contributed by atoms with Gasteiger partial charge in [-0.15, -0.1) is 10.2 Å². The van der Waals surface area contributed by atoms with Gasteiger partial charge < -0.3 is 10.6 Å². The third-order valence-corrected chi connectivity index (χ3v) is 4.87. The largest absolute Gasteiger partial charge is 0.374 e. The lowest BCUT2D eigenvalue weighted by Crippen LogP contribution is -2.36. The average Bonchev–Trinajstić information content (AvgIpc) is 2.65. The minimum absolute atomic E-state index is 0.0952. The van der Waals surface area contributed by atoms with Gasteiger partial charge in [0.1, 0.15) is 0 Å². The Balaban J connectivity index is 2.52. The highest BCUT2D eigenvalue weighted by Gasteiger charge is 2.19. The van der Waals surface area contributed by atoms with Gasteiger partial charge in [-0.25, -0.2) is 13.1 Å². The minimum atomic E-state index is -3.57. The van der Waals surface area contributed by atoms with E-state index in [1.54, 1.807) is 0 Å². The molecule has 0 atom stereocenters. The number of hydrogen-bond acceptors (Lipinski definition) is 7. The molecule has 1 heterocycles. The van der Waals surface area contributed by atoms with Crippen LogP contribution in [0.15, 0.2) is 4.34 Å². The van der Waals surface area contributed by atoms with Gasteiger partial charge in [0.25, 0.3) is 10.0 Å².